The number of para-hydroxylation sites is 1. The molecule has 0 atom stereocenters. The number of hydrogen-bond donors (Lipinski definition) is 0. The summed E-state index contributed by atoms with van der Waals surface area (Å²) < 4.78 is 3.24. The molecule has 3 aromatic rings. The molecule has 0 radical (unpaired) electrons. The van der Waals surface area contributed by atoms with Crippen molar-refractivity contribution in [3.63, 3.8) is 0 Å². The van der Waals surface area contributed by atoms with Crippen LogP contribution >= 0.6 is 11.3 Å². The number of thiazole rings is 1. The van der Waals surface area contributed by atoms with Gasteiger partial charge in [-0.1, -0.05) is 55.0 Å². The lowest BCUT2D eigenvalue weighted by Crippen LogP contribution is -2.43. The molecule has 0 saturated carbocycles. The Hall–Kier alpha value is -1.87. The number of rotatable bonds is 5. The minimum atomic E-state index is 0.752. The third-order valence-electron chi connectivity index (χ3n) is 3.21. The fourth-order valence-electron chi connectivity index (χ4n) is 2.15. The molecule has 0 bridgehead atoms. The van der Waals surface area contributed by atoms with Crippen molar-refractivity contribution in [3.8, 4) is 10.6 Å². The van der Waals surface area contributed by atoms with Gasteiger partial charge in [0.15, 0.2) is 6.61 Å². The maximum absolute atomic E-state index is 6.01. The van der Waals surface area contributed by atoms with Crippen LogP contribution in [0.15, 0.2) is 54.6 Å². The Bertz CT molecular complexity index is 691. The number of hydrogen-bond acceptors (Lipinski definition) is 2. The van der Waals surface area contributed by atoms with E-state index in [2.05, 4.69) is 55.5 Å². The van der Waals surface area contributed by atoms with E-state index in [4.69, 9.17) is 4.84 Å². The molecule has 2 aromatic carbocycles. The van der Waals surface area contributed by atoms with E-state index in [1.54, 1.807) is 11.3 Å². The van der Waals surface area contributed by atoms with E-state index in [9.17, 15) is 0 Å². The van der Waals surface area contributed by atoms with Crippen molar-refractivity contribution in [3.05, 3.63) is 54.6 Å². The molecule has 0 aliphatic carbocycles. The summed E-state index contributed by atoms with van der Waals surface area (Å²) in [6, 6.07) is 18.8. The molecule has 3 rings (SSSR count). The van der Waals surface area contributed by atoms with Crippen LogP contribution in [0.3, 0.4) is 0 Å². The van der Waals surface area contributed by atoms with E-state index in [-0.39, 0.29) is 0 Å². The van der Waals surface area contributed by atoms with Gasteiger partial charge in [-0.2, -0.15) is 0 Å². The largest absolute Gasteiger partial charge is 0.320 e. The first-order valence-electron chi connectivity index (χ1n) is 7.02. The first-order valence-corrected chi connectivity index (χ1v) is 7.84. The molecule has 1 aromatic heterocycles. The lowest BCUT2D eigenvalue weighted by molar-refractivity contribution is -0.860. The van der Waals surface area contributed by atoms with E-state index in [0.29, 0.717) is 0 Å². The summed E-state index contributed by atoms with van der Waals surface area (Å²) in [6.45, 7) is 2.93. The van der Waals surface area contributed by atoms with Crippen LogP contribution in [-0.4, -0.2) is 6.61 Å². The average Bonchev–Trinajstić information content (AvgIpc) is 2.87. The van der Waals surface area contributed by atoms with Crippen LogP contribution in [0.5, 0.6) is 0 Å². The lowest BCUT2D eigenvalue weighted by Gasteiger charge is -1.99. The van der Waals surface area contributed by atoms with Crippen molar-refractivity contribution in [2.75, 3.05) is 6.61 Å². The first-order chi connectivity index (χ1) is 9.90. The van der Waals surface area contributed by atoms with E-state index in [1.807, 2.05) is 10.8 Å². The Morgan fingerprint density at radius 3 is 2.55 bits per heavy atom. The second-order valence-electron chi connectivity index (χ2n) is 4.72. The normalized spacial score (nSPS) is 10.8. The van der Waals surface area contributed by atoms with Gasteiger partial charge in [-0.05, 0) is 24.6 Å². The van der Waals surface area contributed by atoms with Gasteiger partial charge in [-0.25, -0.2) is 0 Å². The summed E-state index contributed by atoms with van der Waals surface area (Å²) in [5, 5.41) is 1.16. The van der Waals surface area contributed by atoms with Crippen molar-refractivity contribution in [2.24, 2.45) is 0 Å². The van der Waals surface area contributed by atoms with Crippen molar-refractivity contribution in [2.45, 2.75) is 19.8 Å². The summed E-state index contributed by atoms with van der Waals surface area (Å²) in [5.41, 5.74) is 2.35. The molecule has 102 valence electrons. The SMILES string of the molecule is CCCCO[n+]1c(-c2ccccc2)sc2ccccc21. The monoisotopic (exact) mass is 284 g/mol. The zero-order chi connectivity index (χ0) is 13.8. The van der Waals surface area contributed by atoms with Crippen LogP contribution in [0.2, 0.25) is 0 Å². The van der Waals surface area contributed by atoms with Crippen LogP contribution in [0, 0.1) is 0 Å². The maximum atomic E-state index is 6.01. The first kappa shape index (κ1) is 13.1. The Labute approximate surface area is 123 Å². The predicted molar refractivity (Wildman–Crippen MR) is 83.8 cm³/mol. The summed E-state index contributed by atoms with van der Waals surface area (Å²) in [7, 11) is 0. The van der Waals surface area contributed by atoms with Gasteiger partial charge in [0.05, 0.1) is 5.56 Å². The van der Waals surface area contributed by atoms with Gasteiger partial charge in [0.2, 0.25) is 0 Å². The standard InChI is InChI=1S/C17H18NOS/c1-2-3-13-19-18-15-11-7-8-12-16(15)20-17(18)14-9-5-4-6-10-14/h4-12H,2-3,13H2,1H3/q+1. The highest BCUT2D eigenvalue weighted by Gasteiger charge is 2.24. The number of unbranched alkanes of at least 4 members (excludes halogenated alkanes) is 1. The average molecular weight is 284 g/mol. The van der Waals surface area contributed by atoms with Gasteiger partial charge in [0.25, 0.3) is 5.52 Å². The Balaban J connectivity index is 2.08. The van der Waals surface area contributed by atoms with Crippen molar-refractivity contribution in [1.29, 1.82) is 0 Å². The molecule has 3 heteroatoms. The zero-order valence-electron chi connectivity index (χ0n) is 11.6. The molecule has 2 nitrogen and oxygen atoms in total. The molecule has 0 unspecified atom stereocenters. The molecular weight excluding hydrogens is 266 g/mol. The number of nitrogens with zero attached hydrogens (tertiary/aromatic N) is 1. The highest BCUT2D eigenvalue weighted by molar-refractivity contribution is 7.21. The second-order valence-corrected chi connectivity index (χ2v) is 5.75. The minimum Gasteiger partial charge on any atom is -0.269 e. The van der Waals surface area contributed by atoms with Crippen LogP contribution < -0.4 is 9.57 Å². The topological polar surface area (TPSA) is 13.1 Å². The lowest BCUT2D eigenvalue weighted by atomic mass is 10.2. The molecule has 20 heavy (non-hydrogen) atoms. The molecule has 0 amide bonds. The van der Waals surface area contributed by atoms with Crippen molar-refractivity contribution >= 4 is 21.6 Å². The highest BCUT2D eigenvalue weighted by atomic mass is 32.1. The summed E-state index contributed by atoms with van der Waals surface area (Å²) in [5.74, 6) is 0. The van der Waals surface area contributed by atoms with Crippen molar-refractivity contribution < 1.29 is 9.57 Å². The van der Waals surface area contributed by atoms with Gasteiger partial charge in [-0.3, -0.25) is 4.84 Å². The number of fused-ring (bicyclic) bond motifs is 1. The fraction of sp³-hybridized carbons (Fsp3) is 0.235. The Kier molecular flexibility index (Phi) is 3.97. The van der Waals surface area contributed by atoms with Crippen molar-refractivity contribution in [1.82, 2.24) is 0 Å². The molecular formula is C17H18NOS+. The third-order valence-corrected chi connectivity index (χ3v) is 4.37. The van der Waals surface area contributed by atoms with Crippen LogP contribution in [0.4, 0.5) is 0 Å². The summed E-state index contributed by atoms with van der Waals surface area (Å²) in [6.07, 6.45) is 2.22. The number of aromatic nitrogens is 1. The zero-order valence-corrected chi connectivity index (χ0v) is 12.4. The summed E-state index contributed by atoms with van der Waals surface area (Å²) >= 11 is 1.77. The van der Waals surface area contributed by atoms with Gasteiger partial charge in [-0.15, -0.1) is 0 Å². The fourth-order valence-corrected chi connectivity index (χ4v) is 3.25. The minimum absolute atomic E-state index is 0.752. The van der Waals surface area contributed by atoms with E-state index in [0.717, 1.165) is 30.0 Å². The second kappa shape index (κ2) is 6.06. The molecule has 0 N–H and O–H groups in total. The third kappa shape index (κ3) is 2.54. The molecule has 0 aliphatic rings. The Morgan fingerprint density at radius 2 is 1.75 bits per heavy atom. The van der Waals surface area contributed by atoms with Gasteiger partial charge >= 0.3 is 5.01 Å². The van der Waals surface area contributed by atoms with Crippen LogP contribution in [0.25, 0.3) is 20.8 Å². The quantitative estimate of drug-likeness (QED) is 0.508. The van der Waals surface area contributed by atoms with Gasteiger partial charge in [0.1, 0.15) is 4.70 Å². The Morgan fingerprint density at radius 1 is 1.00 bits per heavy atom. The van der Waals surface area contributed by atoms with Crippen LogP contribution in [-0.2, 0) is 0 Å². The van der Waals surface area contributed by atoms with E-state index in [1.165, 1.54) is 10.3 Å². The van der Waals surface area contributed by atoms with E-state index >= 15 is 0 Å². The highest BCUT2D eigenvalue weighted by Crippen LogP contribution is 2.27. The van der Waals surface area contributed by atoms with Gasteiger partial charge in [0, 0.05) is 10.8 Å². The van der Waals surface area contributed by atoms with E-state index < -0.39 is 0 Å². The number of benzene rings is 2. The molecule has 0 spiro atoms. The van der Waals surface area contributed by atoms with Crippen LogP contribution in [0.1, 0.15) is 19.8 Å². The smallest absolute Gasteiger partial charge is 0.269 e. The molecule has 0 saturated heterocycles. The predicted octanol–water partition coefficient (Wildman–Crippen LogP) is 4.08. The molecule has 1 heterocycles. The summed E-state index contributed by atoms with van der Waals surface area (Å²) in [4.78, 5) is 6.01. The molecule has 0 aliphatic heterocycles. The maximum Gasteiger partial charge on any atom is 0.320 e. The van der Waals surface area contributed by atoms with Gasteiger partial charge < -0.3 is 0 Å². The molecule has 0 fully saturated rings.